The van der Waals surface area contributed by atoms with Crippen LogP contribution in [-0.2, 0) is 0 Å². The first-order valence-electron chi connectivity index (χ1n) is 2.75. The van der Waals surface area contributed by atoms with Crippen LogP contribution in [0.2, 0.25) is 0 Å². The van der Waals surface area contributed by atoms with Crippen LogP contribution in [0.1, 0.15) is 13.3 Å². The largest absolute Gasteiger partial charge is 0.309 e. The molecule has 0 aromatic heterocycles. The van der Waals surface area contributed by atoms with E-state index < -0.39 is 0 Å². The predicted molar refractivity (Wildman–Crippen MR) is 34.8 cm³/mol. The summed E-state index contributed by atoms with van der Waals surface area (Å²) in [4.78, 5) is 4.09. The minimum Gasteiger partial charge on any atom is -0.309 e. The molecule has 0 saturated carbocycles. The summed E-state index contributed by atoms with van der Waals surface area (Å²) in [5.41, 5.74) is 6.52. The average molecular weight is 110 g/mol. The van der Waals surface area contributed by atoms with Gasteiger partial charge in [-0.1, -0.05) is 6.08 Å². The van der Waals surface area contributed by atoms with E-state index in [9.17, 15) is 0 Å². The highest BCUT2D eigenvalue weighted by Crippen LogP contribution is 1.99. The monoisotopic (exact) mass is 110 g/mol. The molecule has 2 heteroatoms. The summed E-state index contributed by atoms with van der Waals surface area (Å²) < 4.78 is 0. The van der Waals surface area contributed by atoms with Crippen LogP contribution in [0, 0.1) is 0 Å². The number of allylic oxidation sites excluding steroid dienone is 1. The Labute approximate surface area is 49.1 Å². The molecule has 8 heavy (non-hydrogen) atoms. The van der Waals surface area contributed by atoms with Gasteiger partial charge in [-0.15, -0.1) is 0 Å². The molecule has 0 radical (unpaired) electrons. The normalized spacial score (nSPS) is 27.8. The minimum absolute atomic E-state index is 0.0139. The van der Waals surface area contributed by atoms with Gasteiger partial charge in [-0.3, -0.25) is 4.99 Å². The molecule has 0 amide bonds. The van der Waals surface area contributed by atoms with Crippen LogP contribution in [0.5, 0.6) is 0 Å². The molecule has 0 aromatic rings. The summed E-state index contributed by atoms with van der Waals surface area (Å²) in [6.07, 6.45) is 4.94. The summed E-state index contributed by atoms with van der Waals surface area (Å²) in [5, 5.41) is 0. The molecule has 0 bridgehead atoms. The molecule has 2 nitrogen and oxygen atoms in total. The van der Waals surface area contributed by atoms with Crippen molar-refractivity contribution in [2.45, 2.75) is 19.5 Å². The van der Waals surface area contributed by atoms with Gasteiger partial charge in [0.2, 0.25) is 0 Å². The Hall–Kier alpha value is -0.630. The van der Waals surface area contributed by atoms with Crippen molar-refractivity contribution < 1.29 is 0 Å². The Kier molecular flexibility index (Phi) is 1.44. The maximum Gasteiger partial charge on any atom is 0.101 e. The first kappa shape index (κ1) is 5.51. The highest BCUT2D eigenvalue weighted by Gasteiger charge is 1.99. The zero-order chi connectivity index (χ0) is 5.98. The van der Waals surface area contributed by atoms with Gasteiger partial charge < -0.3 is 5.73 Å². The lowest BCUT2D eigenvalue weighted by Gasteiger charge is -2.07. The van der Waals surface area contributed by atoms with E-state index in [0.717, 1.165) is 12.1 Å². The molecule has 0 spiro atoms. The van der Waals surface area contributed by atoms with Gasteiger partial charge in [0.05, 0.1) is 0 Å². The van der Waals surface area contributed by atoms with Crippen molar-refractivity contribution in [3.63, 3.8) is 0 Å². The van der Waals surface area contributed by atoms with Crippen molar-refractivity contribution in [2.24, 2.45) is 10.7 Å². The maximum absolute atomic E-state index is 5.49. The lowest BCUT2D eigenvalue weighted by molar-refractivity contribution is 0.716. The van der Waals surface area contributed by atoms with Gasteiger partial charge >= 0.3 is 0 Å². The molecule has 1 unspecified atom stereocenters. The number of hydrogen-bond acceptors (Lipinski definition) is 2. The van der Waals surface area contributed by atoms with Gasteiger partial charge in [-0.05, 0) is 13.0 Å². The third-order valence-electron chi connectivity index (χ3n) is 1.11. The second kappa shape index (κ2) is 2.09. The van der Waals surface area contributed by atoms with Gasteiger partial charge in [-0.2, -0.15) is 0 Å². The van der Waals surface area contributed by atoms with Crippen LogP contribution in [-0.4, -0.2) is 11.9 Å². The van der Waals surface area contributed by atoms with Crippen LogP contribution in [0.25, 0.3) is 0 Å². The van der Waals surface area contributed by atoms with Crippen LogP contribution in [0.4, 0.5) is 0 Å². The van der Waals surface area contributed by atoms with E-state index in [-0.39, 0.29) is 6.17 Å². The fourth-order valence-corrected chi connectivity index (χ4v) is 0.735. The first-order valence-corrected chi connectivity index (χ1v) is 2.75. The zero-order valence-corrected chi connectivity index (χ0v) is 4.96. The summed E-state index contributed by atoms with van der Waals surface area (Å²) in [6, 6.07) is 0. The Balaban J connectivity index is 2.63. The third-order valence-corrected chi connectivity index (χ3v) is 1.11. The number of rotatable bonds is 0. The third kappa shape index (κ3) is 1.17. The molecule has 0 aliphatic carbocycles. The first-order chi connectivity index (χ1) is 3.79. The SMILES string of the molecule is CC1=NC(N)CC=C1. The second-order valence-electron chi connectivity index (χ2n) is 1.98. The molecule has 1 aliphatic heterocycles. The van der Waals surface area contributed by atoms with Crippen molar-refractivity contribution in [2.75, 3.05) is 0 Å². The molecular formula is C6H10N2. The highest BCUT2D eigenvalue weighted by molar-refractivity contribution is 5.93. The molecule has 1 rings (SSSR count). The van der Waals surface area contributed by atoms with Crippen molar-refractivity contribution >= 4 is 5.71 Å². The number of dihydropyridines is 1. The van der Waals surface area contributed by atoms with E-state index in [2.05, 4.69) is 4.99 Å². The molecule has 0 aromatic carbocycles. The number of hydrogen-bond donors (Lipinski definition) is 1. The maximum atomic E-state index is 5.49. The summed E-state index contributed by atoms with van der Waals surface area (Å²) in [6.45, 7) is 1.95. The standard InChI is InChI=1S/C6H10N2/c1-5-3-2-4-6(7)8-5/h2-3,6H,4,7H2,1H3. The van der Waals surface area contributed by atoms with Gasteiger partial charge in [0.15, 0.2) is 0 Å². The number of nitrogens with zero attached hydrogens (tertiary/aromatic N) is 1. The average Bonchev–Trinajstić information content (AvgIpc) is 1.64. The van der Waals surface area contributed by atoms with E-state index >= 15 is 0 Å². The molecule has 1 atom stereocenters. The van der Waals surface area contributed by atoms with Gasteiger partial charge in [0.25, 0.3) is 0 Å². The van der Waals surface area contributed by atoms with Gasteiger partial charge in [-0.25, -0.2) is 0 Å². The summed E-state index contributed by atoms with van der Waals surface area (Å²) >= 11 is 0. The minimum atomic E-state index is 0.0139. The lowest BCUT2D eigenvalue weighted by Crippen LogP contribution is -2.19. The smallest absolute Gasteiger partial charge is 0.101 e. The van der Waals surface area contributed by atoms with Crippen LogP contribution in [0.15, 0.2) is 17.1 Å². The lowest BCUT2D eigenvalue weighted by atomic mass is 10.2. The van der Waals surface area contributed by atoms with Gasteiger partial charge in [0, 0.05) is 12.1 Å². The van der Waals surface area contributed by atoms with E-state index in [1.807, 2.05) is 19.1 Å². The molecular weight excluding hydrogens is 100 g/mol. The topological polar surface area (TPSA) is 38.4 Å². The van der Waals surface area contributed by atoms with Crippen molar-refractivity contribution in [1.29, 1.82) is 0 Å². The van der Waals surface area contributed by atoms with E-state index in [4.69, 9.17) is 5.73 Å². The quantitative estimate of drug-likeness (QED) is 0.489. The van der Waals surface area contributed by atoms with E-state index in [1.165, 1.54) is 0 Å². The number of nitrogens with two attached hydrogens (primary N) is 1. The highest BCUT2D eigenvalue weighted by atomic mass is 14.9. The zero-order valence-electron chi connectivity index (χ0n) is 4.96. The van der Waals surface area contributed by atoms with Crippen LogP contribution >= 0.6 is 0 Å². The predicted octanol–water partition coefficient (Wildman–Crippen LogP) is 0.692. The van der Waals surface area contributed by atoms with Crippen molar-refractivity contribution in [3.05, 3.63) is 12.2 Å². The Bertz CT molecular complexity index is 135. The molecule has 44 valence electrons. The Morgan fingerprint density at radius 1 is 1.88 bits per heavy atom. The Morgan fingerprint density at radius 2 is 2.62 bits per heavy atom. The molecule has 1 aliphatic rings. The van der Waals surface area contributed by atoms with Crippen LogP contribution < -0.4 is 5.73 Å². The van der Waals surface area contributed by atoms with E-state index in [1.54, 1.807) is 0 Å². The van der Waals surface area contributed by atoms with Crippen molar-refractivity contribution in [3.8, 4) is 0 Å². The molecule has 0 saturated heterocycles. The van der Waals surface area contributed by atoms with E-state index in [0.29, 0.717) is 0 Å². The molecule has 1 heterocycles. The molecule has 0 fully saturated rings. The van der Waals surface area contributed by atoms with Crippen molar-refractivity contribution in [1.82, 2.24) is 0 Å². The fraction of sp³-hybridized carbons (Fsp3) is 0.500. The second-order valence-corrected chi connectivity index (χ2v) is 1.98. The summed E-state index contributed by atoms with van der Waals surface area (Å²) in [5.74, 6) is 0. The number of aliphatic imine (C=N–C) groups is 1. The van der Waals surface area contributed by atoms with Gasteiger partial charge in [0.1, 0.15) is 6.17 Å². The molecule has 2 N–H and O–H groups in total. The fourth-order valence-electron chi connectivity index (χ4n) is 0.735. The Morgan fingerprint density at radius 3 is 3.00 bits per heavy atom. The van der Waals surface area contributed by atoms with Crippen LogP contribution in [0.3, 0.4) is 0 Å². The summed E-state index contributed by atoms with van der Waals surface area (Å²) in [7, 11) is 0.